The van der Waals surface area contributed by atoms with E-state index in [0.717, 1.165) is 32.1 Å². The van der Waals surface area contributed by atoms with E-state index in [1.54, 1.807) is 25.5 Å². The summed E-state index contributed by atoms with van der Waals surface area (Å²) in [5.74, 6) is 1.91. The van der Waals surface area contributed by atoms with Gasteiger partial charge in [-0.3, -0.25) is 4.79 Å². The first kappa shape index (κ1) is 24.7. The Morgan fingerprint density at radius 3 is 2.74 bits per heavy atom. The zero-order valence-corrected chi connectivity index (χ0v) is 22.0. The van der Waals surface area contributed by atoms with Gasteiger partial charge in [0.25, 0.3) is 5.56 Å². The van der Waals surface area contributed by atoms with Crippen LogP contribution in [0.5, 0.6) is 11.5 Å². The van der Waals surface area contributed by atoms with Gasteiger partial charge < -0.3 is 9.47 Å². The fraction of sp³-hybridized carbons (Fsp3) is 0.423. The molecule has 1 heterocycles. The molecule has 0 unspecified atom stereocenters. The third-order valence-corrected chi connectivity index (χ3v) is 7.77. The molecule has 1 aliphatic carbocycles. The van der Waals surface area contributed by atoms with Crippen molar-refractivity contribution in [3.05, 3.63) is 61.6 Å². The van der Waals surface area contributed by atoms with Crippen LogP contribution >= 0.6 is 27.5 Å². The summed E-state index contributed by atoms with van der Waals surface area (Å²) in [5, 5.41) is 5.57. The third kappa shape index (κ3) is 5.01. The van der Waals surface area contributed by atoms with Crippen LogP contribution in [0.15, 0.2) is 44.7 Å². The molecule has 6 nitrogen and oxygen atoms in total. The Labute approximate surface area is 213 Å². The van der Waals surface area contributed by atoms with Crippen LogP contribution in [0.25, 0.3) is 10.9 Å². The average molecular weight is 547 g/mol. The zero-order valence-electron chi connectivity index (χ0n) is 19.7. The van der Waals surface area contributed by atoms with Crippen molar-refractivity contribution in [3.63, 3.8) is 0 Å². The SMILES string of the molecule is CC[C@@H](C)Oc1c(OC)cc(C=Nn2c(C3CCCCC3)nc3ccccc3c2=O)c(Br)c1Cl. The first-order valence-electron chi connectivity index (χ1n) is 11.7. The maximum Gasteiger partial charge on any atom is 0.282 e. The summed E-state index contributed by atoms with van der Waals surface area (Å²) in [6, 6.07) is 9.22. The Kier molecular flexibility index (Phi) is 7.94. The van der Waals surface area contributed by atoms with E-state index in [2.05, 4.69) is 21.0 Å². The fourth-order valence-electron chi connectivity index (χ4n) is 4.24. The monoisotopic (exact) mass is 545 g/mol. The van der Waals surface area contributed by atoms with Gasteiger partial charge in [0.2, 0.25) is 0 Å². The Morgan fingerprint density at radius 1 is 1.29 bits per heavy atom. The molecule has 180 valence electrons. The number of hydrogen-bond acceptors (Lipinski definition) is 5. The van der Waals surface area contributed by atoms with Crippen molar-refractivity contribution in [3.8, 4) is 11.5 Å². The van der Waals surface area contributed by atoms with Gasteiger partial charge in [-0.25, -0.2) is 4.98 Å². The van der Waals surface area contributed by atoms with Crippen molar-refractivity contribution < 1.29 is 9.47 Å². The summed E-state index contributed by atoms with van der Waals surface area (Å²) in [7, 11) is 1.57. The lowest BCUT2D eigenvalue weighted by Crippen LogP contribution is -2.25. The highest BCUT2D eigenvalue weighted by Gasteiger charge is 2.23. The second-order valence-corrected chi connectivity index (χ2v) is 9.82. The van der Waals surface area contributed by atoms with Crippen LogP contribution in [0, 0.1) is 0 Å². The Bertz CT molecular complexity index is 1270. The van der Waals surface area contributed by atoms with Gasteiger partial charge in [0.15, 0.2) is 11.5 Å². The van der Waals surface area contributed by atoms with Crippen LogP contribution in [0.2, 0.25) is 5.02 Å². The van der Waals surface area contributed by atoms with Crippen LogP contribution < -0.4 is 15.0 Å². The molecule has 8 heteroatoms. The normalized spacial score (nSPS) is 15.7. The van der Waals surface area contributed by atoms with Crippen LogP contribution in [0.3, 0.4) is 0 Å². The second kappa shape index (κ2) is 10.9. The Morgan fingerprint density at radius 2 is 2.03 bits per heavy atom. The fourth-order valence-corrected chi connectivity index (χ4v) is 4.89. The Balaban J connectivity index is 1.81. The number of halogens is 2. The minimum atomic E-state index is -0.173. The molecule has 1 aliphatic rings. The van der Waals surface area contributed by atoms with Gasteiger partial charge in [-0.1, -0.05) is 49.9 Å². The quantitative estimate of drug-likeness (QED) is 0.301. The molecule has 1 aromatic heterocycles. The molecule has 34 heavy (non-hydrogen) atoms. The molecule has 0 aliphatic heterocycles. The van der Waals surface area contributed by atoms with Gasteiger partial charge in [-0.2, -0.15) is 9.78 Å². The van der Waals surface area contributed by atoms with E-state index < -0.39 is 0 Å². The van der Waals surface area contributed by atoms with Gasteiger partial charge in [0, 0.05) is 16.0 Å². The van der Waals surface area contributed by atoms with Crippen LogP contribution in [-0.4, -0.2) is 29.1 Å². The largest absolute Gasteiger partial charge is 0.493 e. The zero-order chi connectivity index (χ0) is 24.2. The van der Waals surface area contributed by atoms with Crippen molar-refractivity contribution in [2.45, 2.75) is 64.4 Å². The first-order chi connectivity index (χ1) is 16.4. The smallest absolute Gasteiger partial charge is 0.282 e. The average Bonchev–Trinajstić information content (AvgIpc) is 2.87. The van der Waals surface area contributed by atoms with Gasteiger partial charge >= 0.3 is 0 Å². The van der Waals surface area contributed by atoms with Crippen LogP contribution in [0.1, 0.15) is 69.7 Å². The van der Waals surface area contributed by atoms with E-state index >= 15 is 0 Å². The second-order valence-electron chi connectivity index (χ2n) is 8.65. The highest BCUT2D eigenvalue weighted by molar-refractivity contribution is 9.10. The van der Waals surface area contributed by atoms with E-state index in [1.165, 1.54) is 11.1 Å². The molecule has 1 saturated carbocycles. The predicted octanol–water partition coefficient (Wildman–Crippen LogP) is 6.93. The van der Waals surface area contributed by atoms with E-state index in [1.807, 2.05) is 32.0 Å². The predicted molar refractivity (Wildman–Crippen MR) is 141 cm³/mol. The van der Waals surface area contributed by atoms with E-state index in [4.69, 9.17) is 26.1 Å². The number of ether oxygens (including phenoxy) is 2. The molecule has 0 amide bonds. The van der Waals surface area contributed by atoms with Gasteiger partial charge in [-0.05, 0) is 60.3 Å². The molecule has 0 spiro atoms. The number of aromatic nitrogens is 2. The van der Waals surface area contributed by atoms with Gasteiger partial charge in [0.05, 0.1) is 30.3 Å². The summed E-state index contributed by atoms with van der Waals surface area (Å²) >= 11 is 10.2. The summed E-state index contributed by atoms with van der Waals surface area (Å²) < 4.78 is 13.6. The molecule has 0 bridgehead atoms. The topological polar surface area (TPSA) is 65.7 Å². The number of rotatable bonds is 7. The molecular weight excluding hydrogens is 518 g/mol. The van der Waals surface area contributed by atoms with E-state index in [9.17, 15) is 4.79 Å². The minimum Gasteiger partial charge on any atom is -0.493 e. The molecule has 1 atom stereocenters. The van der Waals surface area contributed by atoms with Crippen molar-refractivity contribution in [2.24, 2.45) is 5.10 Å². The summed E-state index contributed by atoms with van der Waals surface area (Å²) in [5.41, 5.74) is 1.21. The van der Waals surface area contributed by atoms with Gasteiger partial charge in [0.1, 0.15) is 10.8 Å². The standard InChI is InChI=1S/C26H29BrClN3O3/c1-4-16(2)34-24-21(33-3)14-18(22(27)23(24)28)15-29-31-25(17-10-6-5-7-11-17)30-20-13-9-8-12-19(20)26(31)32/h8-9,12-17H,4-7,10-11H2,1-3H3/t16-/m1/s1. The molecule has 0 saturated heterocycles. The Hall–Kier alpha value is -2.38. The lowest BCUT2D eigenvalue weighted by Gasteiger charge is -2.22. The molecule has 3 aromatic rings. The molecule has 4 rings (SSSR count). The van der Waals surface area contributed by atoms with E-state index in [0.29, 0.717) is 43.3 Å². The number of fused-ring (bicyclic) bond motifs is 1. The summed E-state index contributed by atoms with van der Waals surface area (Å²) in [4.78, 5) is 18.3. The maximum atomic E-state index is 13.4. The molecule has 0 N–H and O–H groups in total. The number of nitrogens with zero attached hydrogens (tertiary/aromatic N) is 3. The summed E-state index contributed by atoms with van der Waals surface area (Å²) in [6.45, 7) is 4.02. The maximum absolute atomic E-state index is 13.4. The third-order valence-electron chi connectivity index (χ3n) is 6.33. The van der Waals surface area contributed by atoms with Crippen LogP contribution in [0.4, 0.5) is 0 Å². The van der Waals surface area contributed by atoms with Crippen molar-refractivity contribution in [2.75, 3.05) is 7.11 Å². The summed E-state index contributed by atoms with van der Waals surface area (Å²) in [6.07, 6.45) is 7.93. The van der Waals surface area contributed by atoms with Crippen molar-refractivity contribution in [1.29, 1.82) is 0 Å². The lowest BCUT2D eigenvalue weighted by atomic mass is 9.88. The van der Waals surface area contributed by atoms with Crippen molar-refractivity contribution >= 4 is 44.6 Å². The first-order valence-corrected chi connectivity index (χ1v) is 12.9. The molecule has 0 radical (unpaired) electrons. The number of benzene rings is 2. The number of para-hydroxylation sites is 1. The van der Waals surface area contributed by atoms with Gasteiger partial charge in [-0.15, -0.1) is 0 Å². The highest BCUT2D eigenvalue weighted by Crippen LogP contribution is 2.42. The highest BCUT2D eigenvalue weighted by atomic mass is 79.9. The lowest BCUT2D eigenvalue weighted by molar-refractivity contribution is 0.207. The molecule has 2 aromatic carbocycles. The van der Waals surface area contributed by atoms with Crippen molar-refractivity contribution in [1.82, 2.24) is 9.66 Å². The number of methoxy groups -OCH3 is 1. The molecular formula is C26H29BrClN3O3. The van der Waals surface area contributed by atoms with E-state index in [-0.39, 0.29) is 17.6 Å². The van der Waals surface area contributed by atoms with Crippen LogP contribution in [-0.2, 0) is 0 Å². The number of hydrogen-bond donors (Lipinski definition) is 0. The minimum absolute atomic E-state index is 0.0156. The molecule has 1 fully saturated rings.